The van der Waals surface area contributed by atoms with Gasteiger partial charge in [-0.1, -0.05) is 13.3 Å². The molecule has 1 aromatic carbocycles. The number of nitrogens with one attached hydrogen (secondary N) is 2. The number of rotatable bonds is 6. The molecule has 2 N–H and O–H groups in total. The van der Waals surface area contributed by atoms with E-state index in [0.29, 0.717) is 23.7 Å². The maximum atomic E-state index is 11.7. The minimum absolute atomic E-state index is 0.471. The van der Waals surface area contributed by atoms with Crippen molar-refractivity contribution in [2.24, 2.45) is 0 Å². The predicted octanol–water partition coefficient (Wildman–Crippen LogP) is 1.56. The highest BCUT2D eigenvalue weighted by Crippen LogP contribution is 2.29. The predicted molar refractivity (Wildman–Crippen MR) is 76.1 cm³/mol. The van der Waals surface area contributed by atoms with Crippen LogP contribution in [0.25, 0.3) is 0 Å². The number of amides is 2. The SMILES string of the molecule is CCCCNC(=O)C(=O)Nc1ccc(OC)c(OC)c1. The Labute approximate surface area is 118 Å². The van der Waals surface area contributed by atoms with E-state index in [1.807, 2.05) is 6.92 Å². The van der Waals surface area contributed by atoms with Crippen molar-refractivity contribution in [3.05, 3.63) is 18.2 Å². The Bertz CT molecular complexity index is 474. The van der Waals surface area contributed by atoms with Gasteiger partial charge in [-0.25, -0.2) is 0 Å². The molecule has 0 aliphatic rings. The van der Waals surface area contributed by atoms with Gasteiger partial charge in [0.15, 0.2) is 11.5 Å². The lowest BCUT2D eigenvalue weighted by atomic mass is 10.2. The van der Waals surface area contributed by atoms with Crippen LogP contribution in [-0.4, -0.2) is 32.6 Å². The first-order valence-electron chi connectivity index (χ1n) is 6.43. The molecular formula is C14H20N2O4. The highest BCUT2D eigenvalue weighted by Gasteiger charge is 2.14. The van der Waals surface area contributed by atoms with Gasteiger partial charge in [-0.2, -0.15) is 0 Å². The lowest BCUT2D eigenvalue weighted by Gasteiger charge is -2.10. The largest absolute Gasteiger partial charge is 0.493 e. The lowest BCUT2D eigenvalue weighted by Crippen LogP contribution is -2.35. The van der Waals surface area contributed by atoms with Crippen LogP contribution in [0, 0.1) is 0 Å². The van der Waals surface area contributed by atoms with E-state index in [1.54, 1.807) is 18.2 Å². The second-order valence-electron chi connectivity index (χ2n) is 4.13. The summed E-state index contributed by atoms with van der Waals surface area (Å²) in [6.07, 6.45) is 1.80. The third-order valence-corrected chi connectivity index (χ3v) is 2.66. The molecule has 1 aromatic rings. The van der Waals surface area contributed by atoms with E-state index < -0.39 is 11.8 Å². The molecule has 0 radical (unpaired) electrons. The highest BCUT2D eigenvalue weighted by molar-refractivity contribution is 6.39. The van der Waals surface area contributed by atoms with Crippen LogP contribution in [0.15, 0.2) is 18.2 Å². The molecule has 0 unspecified atom stereocenters. The third kappa shape index (κ3) is 4.46. The van der Waals surface area contributed by atoms with Gasteiger partial charge >= 0.3 is 11.8 Å². The number of hydrogen-bond donors (Lipinski definition) is 2. The zero-order chi connectivity index (χ0) is 15.0. The van der Waals surface area contributed by atoms with Gasteiger partial charge in [-0.3, -0.25) is 9.59 Å². The fraction of sp³-hybridized carbons (Fsp3) is 0.429. The molecule has 2 amide bonds. The van der Waals surface area contributed by atoms with Crippen molar-refractivity contribution in [3.8, 4) is 11.5 Å². The van der Waals surface area contributed by atoms with Crippen LogP contribution in [0.1, 0.15) is 19.8 Å². The van der Waals surface area contributed by atoms with E-state index in [2.05, 4.69) is 10.6 Å². The van der Waals surface area contributed by atoms with Gasteiger partial charge in [0.1, 0.15) is 0 Å². The maximum Gasteiger partial charge on any atom is 0.313 e. The van der Waals surface area contributed by atoms with E-state index in [1.165, 1.54) is 14.2 Å². The van der Waals surface area contributed by atoms with Crippen molar-refractivity contribution in [2.75, 3.05) is 26.1 Å². The van der Waals surface area contributed by atoms with E-state index in [0.717, 1.165) is 12.8 Å². The van der Waals surface area contributed by atoms with Crippen LogP contribution in [-0.2, 0) is 9.59 Å². The number of carbonyl (C=O) groups is 2. The molecule has 0 aliphatic heterocycles. The Morgan fingerprint density at radius 3 is 2.40 bits per heavy atom. The number of anilines is 1. The van der Waals surface area contributed by atoms with Gasteiger partial charge in [0, 0.05) is 18.3 Å². The molecule has 1 rings (SSSR count). The quantitative estimate of drug-likeness (QED) is 0.612. The standard InChI is InChI=1S/C14H20N2O4/c1-4-5-8-15-13(17)14(18)16-10-6-7-11(19-2)12(9-10)20-3/h6-7,9H,4-5,8H2,1-3H3,(H,15,17)(H,16,18). The molecule has 0 saturated heterocycles. The first-order valence-corrected chi connectivity index (χ1v) is 6.43. The van der Waals surface area contributed by atoms with E-state index >= 15 is 0 Å². The summed E-state index contributed by atoms with van der Waals surface area (Å²) in [6.45, 7) is 2.50. The summed E-state index contributed by atoms with van der Waals surface area (Å²) in [6, 6.07) is 4.89. The number of unbranched alkanes of at least 4 members (excludes halogenated alkanes) is 1. The normalized spacial score (nSPS) is 9.75. The number of carbonyl (C=O) groups excluding carboxylic acids is 2. The topological polar surface area (TPSA) is 76.7 Å². The smallest absolute Gasteiger partial charge is 0.313 e. The average molecular weight is 280 g/mol. The minimum atomic E-state index is -0.701. The molecule has 0 saturated carbocycles. The maximum absolute atomic E-state index is 11.7. The van der Waals surface area contributed by atoms with E-state index in [4.69, 9.17) is 9.47 Å². The zero-order valence-corrected chi connectivity index (χ0v) is 12.0. The van der Waals surface area contributed by atoms with Crippen molar-refractivity contribution in [1.29, 1.82) is 0 Å². The van der Waals surface area contributed by atoms with Gasteiger partial charge in [-0.05, 0) is 18.6 Å². The van der Waals surface area contributed by atoms with Crippen LogP contribution in [0.4, 0.5) is 5.69 Å². The summed E-state index contributed by atoms with van der Waals surface area (Å²) in [5.41, 5.74) is 0.471. The molecule has 0 spiro atoms. The summed E-state index contributed by atoms with van der Waals surface area (Å²) in [4.78, 5) is 23.2. The van der Waals surface area contributed by atoms with Gasteiger partial charge in [0.05, 0.1) is 14.2 Å². The Kier molecular flexibility index (Phi) is 6.36. The van der Waals surface area contributed by atoms with Crippen molar-refractivity contribution in [1.82, 2.24) is 5.32 Å². The highest BCUT2D eigenvalue weighted by atomic mass is 16.5. The molecular weight excluding hydrogens is 260 g/mol. The first-order chi connectivity index (χ1) is 9.62. The minimum Gasteiger partial charge on any atom is -0.493 e. The Morgan fingerprint density at radius 2 is 1.80 bits per heavy atom. The second kappa shape index (κ2) is 8.04. The summed E-state index contributed by atoms with van der Waals surface area (Å²) in [5.74, 6) is -0.309. The average Bonchev–Trinajstić information content (AvgIpc) is 2.47. The molecule has 6 heteroatoms. The molecule has 6 nitrogen and oxygen atoms in total. The second-order valence-corrected chi connectivity index (χ2v) is 4.13. The summed E-state index contributed by atoms with van der Waals surface area (Å²) in [7, 11) is 3.03. The Morgan fingerprint density at radius 1 is 1.10 bits per heavy atom. The molecule has 110 valence electrons. The number of hydrogen-bond acceptors (Lipinski definition) is 4. The first kappa shape index (κ1) is 15.8. The molecule has 0 heterocycles. The van der Waals surface area contributed by atoms with Crippen molar-refractivity contribution < 1.29 is 19.1 Å². The van der Waals surface area contributed by atoms with Gasteiger partial charge in [0.25, 0.3) is 0 Å². The summed E-state index contributed by atoms with van der Waals surface area (Å²) in [5, 5.41) is 5.06. The van der Waals surface area contributed by atoms with Gasteiger partial charge in [-0.15, -0.1) is 0 Å². The Balaban J connectivity index is 2.63. The van der Waals surface area contributed by atoms with Gasteiger partial charge < -0.3 is 20.1 Å². The molecule has 0 bridgehead atoms. The van der Waals surface area contributed by atoms with Gasteiger partial charge in [0.2, 0.25) is 0 Å². The van der Waals surface area contributed by atoms with E-state index in [-0.39, 0.29) is 0 Å². The molecule has 20 heavy (non-hydrogen) atoms. The van der Waals surface area contributed by atoms with Crippen molar-refractivity contribution in [2.45, 2.75) is 19.8 Å². The Hall–Kier alpha value is -2.24. The summed E-state index contributed by atoms with van der Waals surface area (Å²) < 4.78 is 10.2. The molecule has 0 fully saturated rings. The van der Waals surface area contributed by atoms with Crippen LogP contribution < -0.4 is 20.1 Å². The number of ether oxygens (including phenoxy) is 2. The van der Waals surface area contributed by atoms with Crippen LogP contribution in [0.3, 0.4) is 0 Å². The van der Waals surface area contributed by atoms with Crippen LogP contribution in [0.5, 0.6) is 11.5 Å². The fourth-order valence-corrected chi connectivity index (χ4v) is 1.56. The third-order valence-electron chi connectivity index (χ3n) is 2.66. The molecule has 0 aliphatic carbocycles. The number of benzene rings is 1. The van der Waals surface area contributed by atoms with Crippen molar-refractivity contribution in [3.63, 3.8) is 0 Å². The van der Waals surface area contributed by atoms with Crippen molar-refractivity contribution >= 4 is 17.5 Å². The van der Waals surface area contributed by atoms with Crippen LogP contribution >= 0.6 is 0 Å². The number of methoxy groups -OCH3 is 2. The summed E-state index contributed by atoms with van der Waals surface area (Å²) >= 11 is 0. The van der Waals surface area contributed by atoms with E-state index in [9.17, 15) is 9.59 Å². The fourth-order valence-electron chi connectivity index (χ4n) is 1.56. The zero-order valence-electron chi connectivity index (χ0n) is 12.0. The molecule has 0 aromatic heterocycles. The van der Waals surface area contributed by atoms with Crippen LogP contribution in [0.2, 0.25) is 0 Å². The monoisotopic (exact) mass is 280 g/mol. The molecule has 0 atom stereocenters. The lowest BCUT2D eigenvalue weighted by molar-refractivity contribution is -0.136.